The van der Waals surface area contributed by atoms with Crippen LogP contribution in [0.2, 0.25) is 5.02 Å². The van der Waals surface area contributed by atoms with Crippen LogP contribution in [0.4, 0.5) is 15.3 Å². The number of anilines is 2. The van der Waals surface area contributed by atoms with Gasteiger partial charge in [0, 0.05) is 17.3 Å². The van der Waals surface area contributed by atoms with E-state index in [9.17, 15) is 4.39 Å². The Bertz CT molecular complexity index is 787. The van der Waals surface area contributed by atoms with Crippen molar-refractivity contribution in [3.05, 3.63) is 35.2 Å². The van der Waals surface area contributed by atoms with Crippen LogP contribution in [-0.4, -0.2) is 9.97 Å². The summed E-state index contributed by atoms with van der Waals surface area (Å²) in [6, 6.07) is 4.62. The number of halogens is 2. The number of hydrogen-bond donors (Lipinski definition) is 2. The highest BCUT2D eigenvalue weighted by atomic mass is 35.5. The number of nitrogens with zero attached hydrogens (tertiary/aromatic N) is 2. The van der Waals surface area contributed by atoms with Gasteiger partial charge in [0.25, 0.3) is 0 Å². The van der Waals surface area contributed by atoms with Crippen LogP contribution >= 0.6 is 22.9 Å². The minimum absolute atomic E-state index is 0.242. The maximum atomic E-state index is 13.7. The van der Waals surface area contributed by atoms with E-state index >= 15 is 0 Å². The molecule has 4 N–H and O–H groups in total. The van der Waals surface area contributed by atoms with Gasteiger partial charge in [0.05, 0.1) is 9.72 Å². The molecule has 3 aromatic rings. The number of nitrogens with two attached hydrogens (primary N) is 2. The van der Waals surface area contributed by atoms with Crippen molar-refractivity contribution < 1.29 is 4.39 Å². The van der Waals surface area contributed by atoms with Crippen LogP contribution in [0.3, 0.4) is 0 Å². The van der Waals surface area contributed by atoms with Crippen LogP contribution in [-0.2, 0) is 0 Å². The van der Waals surface area contributed by atoms with Crippen LogP contribution in [0.15, 0.2) is 24.4 Å². The molecule has 3 rings (SSSR count). The highest BCUT2D eigenvalue weighted by Crippen LogP contribution is 2.38. The van der Waals surface area contributed by atoms with Gasteiger partial charge in [0.1, 0.15) is 17.2 Å². The predicted octanol–water partition coefficient (Wildman–Crippen LogP) is 3.32. The van der Waals surface area contributed by atoms with Gasteiger partial charge in [0.2, 0.25) is 0 Å². The zero-order valence-electron chi connectivity index (χ0n) is 9.52. The number of hydrogen-bond acceptors (Lipinski definition) is 5. The second-order valence-electron chi connectivity index (χ2n) is 3.91. The molecule has 0 fully saturated rings. The van der Waals surface area contributed by atoms with E-state index in [1.54, 1.807) is 12.1 Å². The van der Waals surface area contributed by atoms with Gasteiger partial charge in [-0.15, -0.1) is 0 Å². The summed E-state index contributed by atoms with van der Waals surface area (Å²) in [6.07, 6.45) is 1.46. The third-order valence-electron chi connectivity index (χ3n) is 2.68. The first-order valence-electron chi connectivity index (χ1n) is 5.32. The Morgan fingerprint density at radius 2 is 2.00 bits per heavy atom. The summed E-state index contributed by atoms with van der Waals surface area (Å²) in [5, 5.41) is 0.744. The third kappa shape index (κ3) is 1.98. The van der Waals surface area contributed by atoms with Gasteiger partial charge >= 0.3 is 0 Å². The molecule has 96 valence electrons. The smallest absolute Gasteiger partial charge is 0.181 e. The monoisotopic (exact) mass is 294 g/mol. The van der Waals surface area contributed by atoms with Gasteiger partial charge in [-0.1, -0.05) is 22.9 Å². The number of aromatic nitrogens is 2. The molecule has 0 radical (unpaired) electrons. The van der Waals surface area contributed by atoms with E-state index in [2.05, 4.69) is 9.97 Å². The zero-order valence-corrected chi connectivity index (χ0v) is 11.1. The van der Waals surface area contributed by atoms with Gasteiger partial charge < -0.3 is 11.5 Å². The SMILES string of the molecule is Nc1cc(-c2ccc(F)c3nc(N)sc23)c(Cl)cn1. The molecule has 0 aliphatic rings. The molecule has 2 aromatic heterocycles. The number of rotatable bonds is 1. The van der Waals surface area contributed by atoms with Crippen molar-refractivity contribution in [3.63, 3.8) is 0 Å². The molecular formula is C12H8ClFN4S. The number of thiazole rings is 1. The molecule has 0 saturated heterocycles. The molecule has 0 aliphatic carbocycles. The van der Waals surface area contributed by atoms with E-state index in [1.807, 2.05) is 0 Å². The molecule has 0 saturated carbocycles. The van der Waals surface area contributed by atoms with Crippen LogP contribution in [0.5, 0.6) is 0 Å². The Balaban J connectivity index is 2.37. The molecule has 7 heteroatoms. The van der Waals surface area contributed by atoms with Crippen molar-refractivity contribution in [2.75, 3.05) is 11.5 Å². The van der Waals surface area contributed by atoms with E-state index in [0.29, 0.717) is 26.2 Å². The molecule has 0 aliphatic heterocycles. The summed E-state index contributed by atoms with van der Waals surface area (Å²) in [7, 11) is 0. The molecular weight excluding hydrogens is 287 g/mol. The minimum Gasteiger partial charge on any atom is -0.384 e. The fourth-order valence-electron chi connectivity index (χ4n) is 1.87. The van der Waals surface area contributed by atoms with E-state index in [0.717, 1.165) is 5.56 Å². The Morgan fingerprint density at radius 3 is 2.79 bits per heavy atom. The lowest BCUT2D eigenvalue weighted by Gasteiger charge is -2.06. The average Bonchev–Trinajstić information content (AvgIpc) is 2.76. The molecule has 0 amide bonds. The average molecular weight is 295 g/mol. The summed E-state index contributed by atoms with van der Waals surface area (Å²) in [5.74, 6) is -0.0702. The second kappa shape index (κ2) is 4.32. The first-order chi connectivity index (χ1) is 9.06. The lowest BCUT2D eigenvalue weighted by molar-refractivity contribution is 0.637. The second-order valence-corrected chi connectivity index (χ2v) is 5.35. The van der Waals surface area contributed by atoms with Crippen LogP contribution < -0.4 is 11.5 Å². The zero-order chi connectivity index (χ0) is 13.6. The topological polar surface area (TPSA) is 77.8 Å². The van der Waals surface area contributed by atoms with Gasteiger partial charge in [-0.05, 0) is 18.2 Å². The maximum Gasteiger partial charge on any atom is 0.181 e. The summed E-state index contributed by atoms with van der Waals surface area (Å²) in [4.78, 5) is 7.88. The summed E-state index contributed by atoms with van der Waals surface area (Å²) >= 11 is 7.33. The van der Waals surface area contributed by atoms with Crippen molar-refractivity contribution in [2.45, 2.75) is 0 Å². The molecule has 1 aromatic carbocycles. The third-order valence-corrected chi connectivity index (χ3v) is 3.90. The van der Waals surface area contributed by atoms with Crippen molar-refractivity contribution in [2.24, 2.45) is 0 Å². The fraction of sp³-hybridized carbons (Fsp3) is 0. The number of benzene rings is 1. The summed E-state index contributed by atoms with van der Waals surface area (Å²) in [5.41, 5.74) is 13.0. The van der Waals surface area contributed by atoms with Crippen LogP contribution in [0, 0.1) is 5.82 Å². The maximum absolute atomic E-state index is 13.7. The lowest BCUT2D eigenvalue weighted by atomic mass is 10.1. The number of fused-ring (bicyclic) bond motifs is 1. The Hall–Kier alpha value is -1.92. The van der Waals surface area contributed by atoms with Crippen molar-refractivity contribution >= 4 is 44.1 Å². The fourth-order valence-corrected chi connectivity index (χ4v) is 2.94. The lowest BCUT2D eigenvalue weighted by Crippen LogP contribution is -1.91. The predicted molar refractivity (Wildman–Crippen MR) is 76.6 cm³/mol. The highest BCUT2D eigenvalue weighted by molar-refractivity contribution is 7.22. The van der Waals surface area contributed by atoms with Crippen LogP contribution in [0.1, 0.15) is 0 Å². The van der Waals surface area contributed by atoms with Gasteiger partial charge in [-0.2, -0.15) is 0 Å². The van der Waals surface area contributed by atoms with Crippen molar-refractivity contribution in [1.29, 1.82) is 0 Å². The molecule has 0 bridgehead atoms. The number of pyridine rings is 1. The highest BCUT2D eigenvalue weighted by Gasteiger charge is 2.15. The van der Waals surface area contributed by atoms with E-state index in [-0.39, 0.29) is 5.52 Å². The van der Waals surface area contributed by atoms with Gasteiger partial charge in [-0.25, -0.2) is 14.4 Å². The molecule has 2 heterocycles. The standard InChI is InChI=1S/C12H8ClFN4S/c13-7-4-17-9(15)3-6(7)5-1-2-8(14)10-11(5)19-12(16)18-10/h1-4H,(H2,15,17)(H2,16,18). The molecule has 4 nitrogen and oxygen atoms in total. The Kier molecular flexibility index (Phi) is 2.76. The Morgan fingerprint density at radius 1 is 1.21 bits per heavy atom. The van der Waals surface area contributed by atoms with Crippen molar-refractivity contribution in [3.8, 4) is 11.1 Å². The molecule has 19 heavy (non-hydrogen) atoms. The normalized spacial score (nSPS) is 11.1. The van der Waals surface area contributed by atoms with Gasteiger partial charge in [-0.3, -0.25) is 0 Å². The quantitative estimate of drug-likeness (QED) is 0.722. The first-order valence-corrected chi connectivity index (χ1v) is 6.51. The molecule has 0 atom stereocenters. The Labute approximate surface area is 116 Å². The van der Waals surface area contributed by atoms with E-state index in [1.165, 1.54) is 23.6 Å². The largest absolute Gasteiger partial charge is 0.384 e. The minimum atomic E-state index is -0.412. The number of nitrogen functional groups attached to an aromatic ring is 2. The van der Waals surface area contributed by atoms with Crippen LogP contribution in [0.25, 0.3) is 21.3 Å². The van der Waals surface area contributed by atoms with Crippen molar-refractivity contribution in [1.82, 2.24) is 9.97 Å². The first kappa shape index (κ1) is 12.1. The van der Waals surface area contributed by atoms with E-state index in [4.69, 9.17) is 23.1 Å². The van der Waals surface area contributed by atoms with Gasteiger partial charge in [0.15, 0.2) is 5.13 Å². The summed E-state index contributed by atoms with van der Waals surface area (Å²) < 4.78 is 14.3. The summed E-state index contributed by atoms with van der Waals surface area (Å²) in [6.45, 7) is 0. The molecule has 0 unspecified atom stereocenters. The molecule has 0 spiro atoms. The van der Waals surface area contributed by atoms with E-state index < -0.39 is 5.82 Å².